The normalized spacial score (nSPS) is 11.3. The van der Waals surface area contributed by atoms with Crippen molar-refractivity contribution in [2.75, 3.05) is 24.1 Å². The van der Waals surface area contributed by atoms with Gasteiger partial charge in [-0.25, -0.2) is 13.4 Å². The smallest absolute Gasteiger partial charge is 0.240 e. The maximum atomic E-state index is 11.7. The van der Waals surface area contributed by atoms with Crippen molar-refractivity contribution in [1.29, 1.82) is 0 Å². The minimum absolute atomic E-state index is 0.00379. The molecule has 0 aliphatic rings. The fourth-order valence-electron chi connectivity index (χ4n) is 1.32. The molecule has 7 nitrogen and oxygen atoms in total. The van der Waals surface area contributed by atoms with Crippen LogP contribution in [0.2, 0.25) is 0 Å². The number of unbranched alkanes of at least 4 members (excludes halogenated alkanes) is 1. The number of anilines is 1. The molecule has 8 heteroatoms. The van der Waals surface area contributed by atoms with Gasteiger partial charge in [0.25, 0.3) is 0 Å². The first-order valence-corrected chi connectivity index (χ1v) is 7.22. The second-order valence-corrected chi connectivity index (χ2v) is 5.63. The molecule has 102 valence electrons. The van der Waals surface area contributed by atoms with Crippen LogP contribution >= 0.6 is 0 Å². The van der Waals surface area contributed by atoms with Gasteiger partial charge in [0, 0.05) is 11.8 Å². The molecule has 1 rings (SSSR count). The highest BCUT2D eigenvalue weighted by Gasteiger charge is 2.12. The number of nitrogens with zero attached hydrogens (tertiary/aromatic N) is 2. The van der Waals surface area contributed by atoms with E-state index < -0.39 is 10.0 Å². The lowest BCUT2D eigenvalue weighted by Crippen LogP contribution is -2.19. The summed E-state index contributed by atoms with van der Waals surface area (Å²) in [6, 6.07) is 1.62. The molecule has 0 aromatic carbocycles. The molecule has 0 unspecified atom stereocenters. The molecule has 3 N–H and O–H groups in total. The molecule has 0 spiro atoms. The summed E-state index contributed by atoms with van der Waals surface area (Å²) in [5.74, 6) is 0.353. The van der Waals surface area contributed by atoms with Gasteiger partial charge in [0.05, 0.1) is 12.9 Å². The monoisotopic (exact) mass is 274 g/mol. The fourth-order valence-corrected chi connectivity index (χ4v) is 2.37. The average Bonchev–Trinajstić information content (AvgIpc) is 2.27. The van der Waals surface area contributed by atoms with E-state index >= 15 is 0 Å². The Bertz CT molecular complexity index is 490. The first kappa shape index (κ1) is 14.7. The van der Waals surface area contributed by atoms with E-state index in [9.17, 15) is 8.42 Å². The predicted octanol–water partition coefficient (Wildman–Crippen LogP) is 0.274. The first-order chi connectivity index (χ1) is 8.46. The van der Waals surface area contributed by atoms with Crippen LogP contribution in [0.3, 0.4) is 0 Å². The third kappa shape index (κ3) is 4.84. The summed E-state index contributed by atoms with van der Waals surface area (Å²) in [5.41, 5.74) is 5.94. The SMILES string of the molecule is COc1cc(C)nc(NS(=O)(=O)CCCCN)n1. The fraction of sp³-hybridized carbons (Fsp3) is 0.600. The van der Waals surface area contributed by atoms with Crippen molar-refractivity contribution in [3.8, 4) is 5.88 Å². The van der Waals surface area contributed by atoms with E-state index in [4.69, 9.17) is 10.5 Å². The molecule has 1 aromatic rings. The van der Waals surface area contributed by atoms with Gasteiger partial charge in [0.2, 0.25) is 21.9 Å². The third-order valence-corrected chi connectivity index (χ3v) is 3.47. The Hall–Kier alpha value is -1.41. The lowest BCUT2D eigenvalue weighted by molar-refractivity contribution is 0.397. The number of nitrogens with one attached hydrogen (secondary N) is 1. The third-order valence-electron chi connectivity index (χ3n) is 2.15. The predicted molar refractivity (Wildman–Crippen MR) is 69.0 cm³/mol. The number of rotatable bonds is 7. The van der Waals surface area contributed by atoms with Crippen LogP contribution < -0.4 is 15.2 Å². The molecule has 0 amide bonds. The molecule has 0 atom stereocenters. The Labute approximate surface area is 107 Å². The van der Waals surface area contributed by atoms with Crippen molar-refractivity contribution in [1.82, 2.24) is 9.97 Å². The van der Waals surface area contributed by atoms with Crippen molar-refractivity contribution >= 4 is 16.0 Å². The summed E-state index contributed by atoms with van der Waals surface area (Å²) in [6.07, 6.45) is 1.17. The van der Waals surface area contributed by atoms with Crippen LogP contribution in [0.1, 0.15) is 18.5 Å². The van der Waals surface area contributed by atoms with Crippen molar-refractivity contribution in [3.05, 3.63) is 11.8 Å². The number of nitrogens with two attached hydrogens (primary N) is 1. The van der Waals surface area contributed by atoms with Crippen molar-refractivity contribution in [2.45, 2.75) is 19.8 Å². The highest BCUT2D eigenvalue weighted by atomic mass is 32.2. The van der Waals surface area contributed by atoms with E-state index in [0.717, 1.165) is 0 Å². The van der Waals surface area contributed by atoms with E-state index in [2.05, 4.69) is 14.7 Å². The summed E-state index contributed by atoms with van der Waals surface area (Å²) in [5, 5.41) is 0. The minimum Gasteiger partial charge on any atom is -0.481 e. The molecule has 1 heterocycles. The summed E-state index contributed by atoms with van der Waals surface area (Å²) in [7, 11) is -1.98. The van der Waals surface area contributed by atoms with Gasteiger partial charge >= 0.3 is 0 Å². The molecule has 0 saturated carbocycles. The zero-order valence-electron chi connectivity index (χ0n) is 10.5. The van der Waals surface area contributed by atoms with Crippen LogP contribution in [0.25, 0.3) is 0 Å². The van der Waals surface area contributed by atoms with Crippen molar-refractivity contribution in [3.63, 3.8) is 0 Å². The van der Waals surface area contributed by atoms with Crippen LogP contribution in [0, 0.1) is 6.92 Å². The number of hydrogen-bond donors (Lipinski definition) is 2. The van der Waals surface area contributed by atoms with Gasteiger partial charge in [-0.3, -0.25) is 4.72 Å². The van der Waals surface area contributed by atoms with Gasteiger partial charge in [-0.1, -0.05) is 0 Å². The van der Waals surface area contributed by atoms with Gasteiger partial charge < -0.3 is 10.5 Å². The van der Waals surface area contributed by atoms with Gasteiger partial charge in [-0.05, 0) is 26.3 Å². The molecule has 0 radical (unpaired) electrons. The molecular formula is C10H18N4O3S. The van der Waals surface area contributed by atoms with Crippen LogP contribution in [-0.4, -0.2) is 37.8 Å². The molecule has 1 aromatic heterocycles. The Morgan fingerprint density at radius 2 is 2.11 bits per heavy atom. The van der Waals surface area contributed by atoms with Gasteiger partial charge in [-0.15, -0.1) is 0 Å². The minimum atomic E-state index is -3.43. The number of hydrogen-bond acceptors (Lipinski definition) is 6. The van der Waals surface area contributed by atoms with Crippen LogP contribution in [0.15, 0.2) is 6.07 Å². The second-order valence-electron chi connectivity index (χ2n) is 3.79. The largest absolute Gasteiger partial charge is 0.481 e. The first-order valence-electron chi connectivity index (χ1n) is 5.57. The lowest BCUT2D eigenvalue weighted by atomic mass is 10.3. The molecule has 0 aliphatic heterocycles. The summed E-state index contributed by atoms with van der Waals surface area (Å²) in [6.45, 7) is 2.21. The van der Waals surface area contributed by atoms with Crippen molar-refractivity contribution < 1.29 is 13.2 Å². The van der Waals surface area contributed by atoms with E-state index in [1.165, 1.54) is 7.11 Å². The number of aryl methyl sites for hydroxylation is 1. The highest BCUT2D eigenvalue weighted by molar-refractivity contribution is 7.92. The maximum Gasteiger partial charge on any atom is 0.240 e. The van der Waals surface area contributed by atoms with Crippen LogP contribution in [-0.2, 0) is 10.0 Å². The van der Waals surface area contributed by atoms with Crippen LogP contribution in [0.4, 0.5) is 5.95 Å². The van der Waals surface area contributed by atoms with Gasteiger partial charge in [-0.2, -0.15) is 4.98 Å². The summed E-state index contributed by atoms with van der Waals surface area (Å²) >= 11 is 0. The van der Waals surface area contributed by atoms with E-state index in [0.29, 0.717) is 31.0 Å². The topological polar surface area (TPSA) is 107 Å². The van der Waals surface area contributed by atoms with Crippen molar-refractivity contribution in [2.24, 2.45) is 5.73 Å². The Morgan fingerprint density at radius 3 is 2.72 bits per heavy atom. The molecule has 0 fully saturated rings. The van der Waals surface area contributed by atoms with Crippen LogP contribution in [0.5, 0.6) is 5.88 Å². The summed E-state index contributed by atoms with van der Waals surface area (Å²) < 4.78 is 30.7. The van der Waals surface area contributed by atoms with E-state index in [1.807, 2.05) is 0 Å². The molecule has 18 heavy (non-hydrogen) atoms. The molecular weight excluding hydrogens is 256 g/mol. The molecule has 0 bridgehead atoms. The number of methoxy groups -OCH3 is 1. The van der Waals surface area contributed by atoms with E-state index in [1.54, 1.807) is 13.0 Å². The van der Waals surface area contributed by atoms with Gasteiger partial charge in [0.1, 0.15) is 0 Å². The second kappa shape index (κ2) is 6.50. The zero-order chi connectivity index (χ0) is 13.6. The Kier molecular flexibility index (Phi) is 5.29. The highest BCUT2D eigenvalue weighted by Crippen LogP contribution is 2.12. The van der Waals surface area contributed by atoms with Gasteiger partial charge in [0.15, 0.2) is 0 Å². The number of sulfonamides is 1. The van der Waals surface area contributed by atoms with E-state index in [-0.39, 0.29) is 11.7 Å². The number of ether oxygens (including phenoxy) is 1. The molecule has 0 saturated heterocycles. The Morgan fingerprint density at radius 1 is 1.39 bits per heavy atom. The zero-order valence-corrected chi connectivity index (χ0v) is 11.3. The Balaban J connectivity index is 2.74. The lowest BCUT2D eigenvalue weighted by Gasteiger charge is -2.08. The average molecular weight is 274 g/mol. The standard InChI is InChI=1S/C10H18N4O3S/c1-8-7-9(17-2)13-10(12-8)14-18(15,16)6-4-3-5-11/h7H,3-6,11H2,1-2H3,(H,12,13,14). The molecule has 0 aliphatic carbocycles. The quantitative estimate of drug-likeness (QED) is 0.691. The maximum absolute atomic E-state index is 11.7. The summed E-state index contributed by atoms with van der Waals surface area (Å²) in [4.78, 5) is 7.91. The number of aromatic nitrogens is 2.